The van der Waals surface area contributed by atoms with Crippen LogP contribution in [0.3, 0.4) is 0 Å². The van der Waals surface area contributed by atoms with E-state index in [0.717, 1.165) is 5.44 Å². The highest BCUT2D eigenvalue weighted by Gasteiger charge is 1.95. The van der Waals surface area contributed by atoms with Gasteiger partial charge in [0.25, 0.3) is 0 Å². The van der Waals surface area contributed by atoms with Crippen LogP contribution in [0.4, 0.5) is 0 Å². The van der Waals surface area contributed by atoms with E-state index in [0.29, 0.717) is 8.58 Å². The molecule has 2 rings (SSSR count). The van der Waals surface area contributed by atoms with Crippen molar-refractivity contribution < 1.29 is 0 Å². The largest absolute Gasteiger partial charge is 0.139 e. The average Bonchev–Trinajstić information content (AvgIpc) is 2.21. The maximum absolute atomic E-state index is 3.93. The SMILES string of the molecule is c1ccc(Pc2ccnnn2)cc1. The Balaban J connectivity index is 2.16. The molecule has 1 atom stereocenters. The number of benzene rings is 1. The third-order valence-electron chi connectivity index (χ3n) is 1.55. The van der Waals surface area contributed by atoms with Gasteiger partial charge in [-0.2, -0.15) is 0 Å². The van der Waals surface area contributed by atoms with Crippen LogP contribution in [0.25, 0.3) is 0 Å². The van der Waals surface area contributed by atoms with E-state index in [1.807, 2.05) is 24.3 Å². The first-order valence-electron chi connectivity index (χ1n) is 3.91. The normalized spacial score (nSPS) is 10.8. The van der Waals surface area contributed by atoms with Gasteiger partial charge in [0.05, 0.1) is 11.6 Å². The Morgan fingerprint density at radius 1 is 1.00 bits per heavy atom. The molecule has 1 aromatic heterocycles. The Kier molecular flexibility index (Phi) is 2.58. The third kappa shape index (κ3) is 2.30. The van der Waals surface area contributed by atoms with Crippen molar-refractivity contribution in [2.24, 2.45) is 0 Å². The smallest absolute Gasteiger partial charge is 0.0904 e. The quantitative estimate of drug-likeness (QED) is 0.646. The Morgan fingerprint density at radius 3 is 2.54 bits per heavy atom. The summed E-state index contributed by atoms with van der Waals surface area (Å²) in [4.78, 5) is 0. The van der Waals surface area contributed by atoms with Crippen molar-refractivity contribution in [3.05, 3.63) is 42.6 Å². The molecule has 1 aromatic carbocycles. The Labute approximate surface area is 78.0 Å². The summed E-state index contributed by atoms with van der Waals surface area (Å²) >= 11 is 0. The zero-order valence-electron chi connectivity index (χ0n) is 6.88. The summed E-state index contributed by atoms with van der Waals surface area (Å²) in [6, 6.07) is 12.1. The predicted octanol–water partition coefficient (Wildman–Crippen LogP) is 0.501. The first-order chi connectivity index (χ1) is 6.45. The van der Waals surface area contributed by atoms with Crippen molar-refractivity contribution in [2.75, 3.05) is 0 Å². The van der Waals surface area contributed by atoms with Gasteiger partial charge in [0.15, 0.2) is 0 Å². The van der Waals surface area contributed by atoms with Gasteiger partial charge < -0.3 is 0 Å². The van der Waals surface area contributed by atoms with Crippen LogP contribution in [-0.4, -0.2) is 15.4 Å². The van der Waals surface area contributed by atoms with Gasteiger partial charge in [-0.3, -0.25) is 0 Å². The molecule has 0 amide bonds. The fraction of sp³-hybridized carbons (Fsp3) is 0. The monoisotopic (exact) mass is 189 g/mol. The molecule has 0 bridgehead atoms. The zero-order chi connectivity index (χ0) is 8.93. The van der Waals surface area contributed by atoms with Crippen molar-refractivity contribution in [3.8, 4) is 0 Å². The van der Waals surface area contributed by atoms with Crippen LogP contribution in [0.1, 0.15) is 0 Å². The van der Waals surface area contributed by atoms with E-state index in [2.05, 4.69) is 27.5 Å². The van der Waals surface area contributed by atoms with Crippen LogP contribution in [0.2, 0.25) is 0 Å². The minimum atomic E-state index is 0.563. The van der Waals surface area contributed by atoms with Gasteiger partial charge in [-0.15, -0.1) is 10.2 Å². The average molecular weight is 189 g/mol. The standard InChI is InChI=1S/C9H8N3P/c1-2-4-8(5-3-1)13-9-6-7-10-12-11-9/h1-7,13H. The lowest BCUT2D eigenvalue weighted by Gasteiger charge is -1.97. The minimum absolute atomic E-state index is 0.563. The van der Waals surface area contributed by atoms with E-state index in [1.54, 1.807) is 6.20 Å². The summed E-state index contributed by atoms with van der Waals surface area (Å²) in [6.45, 7) is 0. The molecule has 0 radical (unpaired) electrons. The zero-order valence-corrected chi connectivity index (χ0v) is 7.88. The van der Waals surface area contributed by atoms with E-state index in [-0.39, 0.29) is 0 Å². The second kappa shape index (κ2) is 4.06. The van der Waals surface area contributed by atoms with E-state index in [9.17, 15) is 0 Å². The number of hydrogen-bond donors (Lipinski definition) is 0. The molecule has 0 aliphatic rings. The van der Waals surface area contributed by atoms with E-state index < -0.39 is 0 Å². The Hall–Kier alpha value is -1.34. The molecule has 13 heavy (non-hydrogen) atoms. The van der Waals surface area contributed by atoms with Crippen LogP contribution in [0.15, 0.2) is 42.6 Å². The summed E-state index contributed by atoms with van der Waals surface area (Å²) in [5.74, 6) is 0. The predicted molar refractivity (Wildman–Crippen MR) is 53.9 cm³/mol. The lowest BCUT2D eigenvalue weighted by atomic mass is 10.4. The molecular formula is C9H8N3P. The molecule has 0 spiro atoms. The lowest BCUT2D eigenvalue weighted by molar-refractivity contribution is 0.883. The van der Waals surface area contributed by atoms with Gasteiger partial charge in [0.1, 0.15) is 0 Å². The molecule has 0 fully saturated rings. The summed E-state index contributed by atoms with van der Waals surface area (Å²) in [5, 5.41) is 12.4. The molecule has 0 saturated carbocycles. The second-order valence-corrected chi connectivity index (χ2v) is 3.84. The second-order valence-electron chi connectivity index (χ2n) is 2.50. The van der Waals surface area contributed by atoms with Crippen LogP contribution in [-0.2, 0) is 0 Å². The maximum Gasteiger partial charge on any atom is 0.0904 e. The highest BCUT2D eigenvalue weighted by Crippen LogP contribution is 2.06. The maximum atomic E-state index is 3.93. The van der Waals surface area contributed by atoms with Crippen molar-refractivity contribution in [2.45, 2.75) is 0 Å². The molecule has 1 unspecified atom stereocenters. The van der Waals surface area contributed by atoms with E-state index in [1.165, 1.54) is 5.30 Å². The van der Waals surface area contributed by atoms with Crippen LogP contribution in [0, 0.1) is 0 Å². The number of aromatic nitrogens is 3. The summed E-state index contributed by atoms with van der Waals surface area (Å²) < 4.78 is 0. The molecule has 1 heterocycles. The summed E-state index contributed by atoms with van der Waals surface area (Å²) in [5.41, 5.74) is 0.973. The first-order valence-corrected chi connectivity index (χ1v) is 4.91. The number of hydrogen-bond acceptors (Lipinski definition) is 3. The fourth-order valence-corrected chi connectivity index (χ4v) is 1.88. The Bertz CT molecular complexity index is 326. The molecule has 0 aliphatic carbocycles. The number of rotatable bonds is 2. The van der Waals surface area contributed by atoms with Gasteiger partial charge in [0.2, 0.25) is 0 Å². The van der Waals surface area contributed by atoms with Crippen LogP contribution in [0.5, 0.6) is 0 Å². The van der Waals surface area contributed by atoms with Gasteiger partial charge in [-0.05, 0) is 25.2 Å². The van der Waals surface area contributed by atoms with Crippen LogP contribution >= 0.6 is 8.58 Å². The first kappa shape index (κ1) is 8.27. The molecule has 2 aromatic rings. The van der Waals surface area contributed by atoms with Crippen molar-refractivity contribution in [1.82, 2.24) is 15.4 Å². The van der Waals surface area contributed by atoms with Crippen molar-refractivity contribution in [1.29, 1.82) is 0 Å². The highest BCUT2D eigenvalue weighted by molar-refractivity contribution is 7.55. The van der Waals surface area contributed by atoms with Gasteiger partial charge in [0, 0.05) is 0 Å². The molecule has 3 nitrogen and oxygen atoms in total. The number of nitrogens with zero attached hydrogens (tertiary/aromatic N) is 3. The molecular weight excluding hydrogens is 181 g/mol. The fourth-order valence-electron chi connectivity index (χ4n) is 0.977. The molecule has 64 valence electrons. The minimum Gasteiger partial charge on any atom is -0.139 e. The molecule has 0 saturated heterocycles. The molecule has 0 aliphatic heterocycles. The molecule has 0 N–H and O–H groups in total. The lowest BCUT2D eigenvalue weighted by Crippen LogP contribution is -2.08. The van der Waals surface area contributed by atoms with Gasteiger partial charge in [-0.25, -0.2) is 0 Å². The molecule has 4 heteroatoms. The van der Waals surface area contributed by atoms with Crippen LogP contribution < -0.4 is 10.7 Å². The Morgan fingerprint density at radius 2 is 1.85 bits per heavy atom. The highest BCUT2D eigenvalue weighted by atomic mass is 31.1. The third-order valence-corrected chi connectivity index (χ3v) is 2.69. The van der Waals surface area contributed by atoms with Crippen molar-refractivity contribution in [3.63, 3.8) is 0 Å². The van der Waals surface area contributed by atoms with E-state index in [4.69, 9.17) is 0 Å². The van der Waals surface area contributed by atoms with Crippen molar-refractivity contribution >= 4 is 19.3 Å². The van der Waals surface area contributed by atoms with E-state index >= 15 is 0 Å². The van der Waals surface area contributed by atoms with Gasteiger partial charge >= 0.3 is 0 Å². The topological polar surface area (TPSA) is 38.7 Å². The summed E-state index contributed by atoms with van der Waals surface area (Å²) in [6.07, 6.45) is 1.66. The summed E-state index contributed by atoms with van der Waals surface area (Å²) in [7, 11) is 0.563. The van der Waals surface area contributed by atoms with Gasteiger partial charge in [-0.1, -0.05) is 30.3 Å².